The van der Waals surface area contributed by atoms with Crippen LogP contribution in [0.15, 0.2) is 18.2 Å². The zero-order valence-corrected chi connectivity index (χ0v) is 12.5. The smallest absolute Gasteiger partial charge is 0.176 e. The van der Waals surface area contributed by atoms with Gasteiger partial charge in [-0.05, 0) is 25.1 Å². The van der Waals surface area contributed by atoms with Crippen molar-refractivity contribution in [3.63, 3.8) is 0 Å². The van der Waals surface area contributed by atoms with Gasteiger partial charge in [0.25, 0.3) is 0 Å². The monoisotopic (exact) mass is 303 g/mol. The number of ketones is 1. The van der Waals surface area contributed by atoms with Gasteiger partial charge in [-0.3, -0.25) is 9.69 Å². The van der Waals surface area contributed by atoms with E-state index in [1.807, 2.05) is 11.8 Å². The summed E-state index contributed by atoms with van der Waals surface area (Å²) in [6.45, 7) is 3.59. The summed E-state index contributed by atoms with van der Waals surface area (Å²) in [5, 5.41) is 0.917. The zero-order valence-electron chi connectivity index (χ0n) is 10.2. The first-order valence-electron chi connectivity index (χ1n) is 5.88. The minimum atomic E-state index is 0.104. The molecule has 98 valence electrons. The number of benzene rings is 1. The van der Waals surface area contributed by atoms with Crippen LogP contribution < -0.4 is 0 Å². The number of thioether (sulfide) groups is 1. The van der Waals surface area contributed by atoms with Gasteiger partial charge in [-0.2, -0.15) is 11.8 Å². The fourth-order valence-corrected chi connectivity index (χ4v) is 3.32. The summed E-state index contributed by atoms with van der Waals surface area (Å²) >= 11 is 13.7. The molecule has 1 fully saturated rings. The van der Waals surface area contributed by atoms with E-state index in [1.54, 1.807) is 18.2 Å². The van der Waals surface area contributed by atoms with Gasteiger partial charge < -0.3 is 0 Å². The van der Waals surface area contributed by atoms with Gasteiger partial charge in [0.15, 0.2) is 5.78 Å². The Morgan fingerprint density at radius 2 is 2.22 bits per heavy atom. The second-order valence-corrected chi connectivity index (χ2v) is 6.41. The summed E-state index contributed by atoms with van der Waals surface area (Å²) < 4.78 is 0. The molecule has 2 rings (SSSR count). The maximum atomic E-state index is 12.2. The third-order valence-electron chi connectivity index (χ3n) is 3.09. The Labute approximate surface area is 122 Å². The normalized spacial score (nSPS) is 20.9. The van der Waals surface area contributed by atoms with Crippen molar-refractivity contribution in [1.82, 2.24) is 4.90 Å². The molecule has 1 heterocycles. The van der Waals surface area contributed by atoms with Gasteiger partial charge in [0.2, 0.25) is 0 Å². The van der Waals surface area contributed by atoms with E-state index in [4.69, 9.17) is 23.2 Å². The molecule has 0 aliphatic carbocycles. The summed E-state index contributed by atoms with van der Waals surface area (Å²) in [6, 6.07) is 5.51. The number of carbonyl (C=O) groups excluding carboxylic acids is 1. The van der Waals surface area contributed by atoms with Gasteiger partial charge in [-0.1, -0.05) is 23.2 Å². The Balaban J connectivity index is 2.04. The fraction of sp³-hybridized carbons (Fsp3) is 0.462. The number of Topliss-reactive ketones (excluding diaryl/α,β-unsaturated/α-hetero) is 1. The number of rotatable bonds is 3. The standard InChI is InChI=1S/C13H15Cl2NOS/c1-9-8-18-5-4-16(9)7-13(17)10-2-3-11(14)12(15)6-10/h2-3,6,9H,4-5,7-8H2,1H3. The second kappa shape index (κ2) is 6.29. The molecule has 1 aliphatic rings. The summed E-state index contributed by atoms with van der Waals surface area (Å²) in [4.78, 5) is 14.4. The van der Waals surface area contributed by atoms with E-state index >= 15 is 0 Å². The Bertz CT molecular complexity index is 453. The Morgan fingerprint density at radius 1 is 1.44 bits per heavy atom. The molecule has 18 heavy (non-hydrogen) atoms. The van der Waals surface area contributed by atoms with Gasteiger partial charge in [0.1, 0.15) is 0 Å². The van der Waals surface area contributed by atoms with Crippen LogP contribution in [0.1, 0.15) is 17.3 Å². The van der Waals surface area contributed by atoms with Crippen molar-refractivity contribution in [2.24, 2.45) is 0 Å². The van der Waals surface area contributed by atoms with Crippen LogP contribution in [0.4, 0.5) is 0 Å². The molecule has 0 spiro atoms. The molecule has 0 amide bonds. The van der Waals surface area contributed by atoms with Gasteiger partial charge in [0, 0.05) is 29.7 Å². The molecule has 0 aromatic heterocycles. The lowest BCUT2D eigenvalue weighted by atomic mass is 10.1. The van der Waals surface area contributed by atoms with Gasteiger partial charge >= 0.3 is 0 Å². The van der Waals surface area contributed by atoms with E-state index in [2.05, 4.69) is 11.8 Å². The molecule has 1 saturated heterocycles. The van der Waals surface area contributed by atoms with Crippen LogP contribution in [-0.4, -0.2) is 41.3 Å². The fourth-order valence-electron chi connectivity index (χ4n) is 1.94. The Hall–Kier alpha value is -0.220. The van der Waals surface area contributed by atoms with Crippen molar-refractivity contribution in [1.29, 1.82) is 0 Å². The topological polar surface area (TPSA) is 20.3 Å². The van der Waals surface area contributed by atoms with Gasteiger partial charge in [-0.25, -0.2) is 0 Å². The van der Waals surface area contributed by atoms with E-state index in [-0.39, 0.29) is 5.78 Å². The number of nitrogens with zero attached hydrogens (tertiary/aromatic N) is 1. The van der Waals surface area contributed by atoms with E-state index in [0.29, 0.717) is 28.2 Å². The SMILES string of the molecule is CC1CSCCN1CC(=O)c1ccc(Cl)c(Cl)c1. The summed E-state index contributed by atoms with van der Waals surface area (Å²) in [7, 11) is 0. The van der Waals surface area contributed by atoms with Gasteiger partial charge in [-0.15, -0.1) is 0 Å². The molecule has 0 N–H and O–H groups in total. The molecular weight excluding hydrogens is 289 g/mol. The first kappa shape index (κ1) is 14.2. The molecule has 5 heteroatoms. The lowest BCUT2D eigenvalue weighted by Gasteiger charge is -2.32. The minimum absolute atomic E-state index is 0.104. The van der Waals surface area contributed by atoms with Crippen LogP contribution in [0.5, 0.6) is 0 Å². The summed E-state index contributed by atoms with van der Waals surface area (Å²) in [5.41, 5.74) is 0.634. The Morgan fingerprint density at radius 3 is 2.89 bits per heavy atom. The number of carbonyl (C=O) groups is 1. The highest BCUT2D eigenvalue weighted by molar-refractivity contribution is 7.99. The highest BCUT2D eigenvalue weighted by Crippen LogP contribution is 2.23. The summed E-state index contributed by atoms with van der Waals surface area (Å²) in [5.74, 6) is 2.29. The lowest BCUT2D eigenvalue weighted by Crippen LogP contribution is -2.43. The number of hydrogen-bond acceptors (Lipinski definition) is 3. The molecule has 1 atom stereocenters. The minimum Gasteiger partial charge on any atom is -0.293 e. The molecule has 2 nitrogen and oxygen atoms in total. The maximum absolute atomic E-state index is 12.2. The molecule has 1 aromatic carbocycles. The van der Waals surface area contributed by atoms with Crippen molar-refractivity contribution in [2.45, 2.75) is 13.0 Å². The van der Waals surface area contributed by atoms with Crippen LogP contribution in [0.2, 0.25) is 10.0 Å². The second-order valence-electron chi connectivity index (χ2n) is 4.45. The van der Waals surface area contributed by atoms with Crippen LogP contribution in [0.25, 0.3) is 0 Å². The molecule has 0 saturated carbocycles. The third kappa shape index (κ3) is 3.41. The van der Waals surface area contributed by atoms with Crippen molar-refractivity contribution < 1.29 is 4.79 Å². The van der Waals surface area contributed by atoms with Crippen molar-refractivity contribution >= 4 is 40.7 Å². The first-order chi connectivity index (χ1) is 8.58. The van der Waals surface area contributed by atoms with E-state index in [1.165, 1.54) is 0 Å². The average Bonchev–Trinajstić information content (AvgIpc) is 2.35. The van der Waals surface area contributed by atoms with Gasteiger partial charge in [0.05, 0.1) is 16.6 Å². The number of hydrogen-bond donors (Lipinski definition) is 0. The van der Waals surface area contributed by atoms with Crippen molar-refractivity contribution in [2.75, 3.05) is 24.6 Å². The zero-order chi connectivity index (χ0) is 13.1. The highest BCUT2D eigenvalue weighted by atomic mass is 35.5. The molecule has 0 radical (unpaired) electrons. The predicted octanol–water partition coefficient (Wildman–Crippen LogP) is 3.61. The molecule has 1 aliphatic heterocycles. The summed E-state index contributed by atoms with van der Waals surface area (Å²) in [6.07, 6.45) is 0. The Kier molecular flexibility index (Phi) is 4.96. The predicted molar refractivity (Wildman–Crippen MR) is 79.2 cm³/mol. The average molecular weight is 304 g/mol. The number of halogens is 2. The molecule has 1 aromatic rings. The quantitative estimate of drug-likeness (QED) is 0.796. The van der Waals surface area contributed by atoms with Crippen LogP contribution >= 0.6 is 35.0 Å². The highest BCUT2D eigenvalue weighted by Gasteiger charge is 2.21. The molecule has 0 bridgehead atoms. The van der Waals surface area contributed by atoms with E-state index < -0.39 is 0 Å². The maximum Gasteiger partial charge on any atom is 0.176 e. The lowest BCUT2D eigenvalue weighted by molar-refractivity contribution is 0.0911. The largest absolute Gasteiger partial charge is 0.293 e. The first-order valence-corrected chi connectivity index (χ1v) is 7.79. The van der Waals surface area contributed by atoms with Crippen LogP contribution in [0, 0.1) is 0 Å². The molecular formula is C13H15Cl2NOS. The van der Waals surface area contributed by atoms with E-state index in [0.717, 1.165) is 18.1 Å². The third-order valence-corrected chi connectivity index (χ3v) is 5.02. The van der Waals surface area contributed by atoms with E-state index in [9.17, 15) is 4.79 Å². The van der Waals surface area contributed by atoms with Crippen molar-refractivity contribution in [3.05, 3.63) is 33.8 Å². The molecule has 1 unspecified atom stereocenters. The van der Waals surface area contributed by atoms with Crippen LogP contribution in [0.3, 0.4) is 0 Å². The van der Waals surface area contributed by atoms with Crippen LogP contribution in [-0.2, 0) is 0 Å². The van der Waals surface area contributed by atoms with Crippen molar-refractivity contribution in [3.8, 4) is 0 Å².